The van der Waals surface area contributed by atoms with Gasteiger partial charge < -0.3 is 20.3 Å². The molecule has 1 heterocycles. The van der Waals surface area contributed by atoms with Crippen LogP contribution in [-0.2, 0) is 27.4 Å². The van der Waals surface area contributed by atoms with Crippen molar-refractivity contribution in [3.63, 3.8) is 0 Å². The first kappa shape index (κ1) is 27.6. The maximum absolute atomic E-state index is 14.2. The second-order valence-corrected chi connectivity index (χ2v) is 11.4. The molecular weight excluding hydrogens is 539 g/mol. The first-order valence-electron chi connectivity index (χ1n) is 12.7. The Morgan fingerprint density at radius 1 is 1.05 bits per heavy atom. The largest absolute Gasteiger partial charge is 0.396 e. The van der Waals surface area contributed by atoms with E-state index in [1.165, 1.54) is 14.0 Å². The number of nitrogens with zero attached hydrogens (tertiary/aromatic N) is 1. The smallest absolute Gasteiger partial charge is 0.257 e. The molecule has 5 rings (SSSR count). The normalized spacial score (nSPS) is 20.9. The number of halogens is 2. The van der Waals surface area contributed by atoms with Gasteiger partial charge >= 0.3 is 0 Å². The van der Waals surface area contributed by atoms with Crippen LogP contribution in [-0.4, -0.2) is 47.2 Å². The molecule has 204 valence electrons. The van der Waals surface area contributed by atoms with Gasteiger partial charge in [-0.15, -0.1) is 0 Å². The van der Waals surface area contributed by atoms with E-state index in [9.17, 15) is 19.8 Å². The van der Waals surface area contributed by atoms with Gasteiger partial charge in [-0.25, -0.2) is 0 Å². The monoisotopic (exact) mass is 568 g/mol. The molecule has 1 saturated carbocycles. The van der Waals surface area contributed by atoms with Crippen LogP contribution in [0.5, 0.6) is 0 Å². The van der Waals surface area contributed by atoms with Crippen LogP contribution in [0.25, 0.3) is 0 Å². The fourth-order valence-corrected chi connectivity index (χ4v) is 5.34. The molecule has 2 amide bonds. The molecule has 0 bridgehead atoms. The Morgan fingerprint density at radius 3 is 2.23 bits per heavy atom. The third-order valence-corrected chi connectivity index (χ3v) is 8.34. The molecule has 3 aromatic carbocycles. The molecule has 0 unspecified atom stereocenters. The maximum atomic E-state index is 14.2. The molecule has 0 radical (unpaired) electrons. The minimum absolute atomic E-state index is 0.0182. The highest BCUT2D eigenvalue weighted by Gasteiger charge is 2.55. The van der Waals surface area contributed by atoms with Gasteiger partial charge in [0.25, 0.3) is 11.8 Å². The van der Waals surface area contributed by atoms with Crippen molar-refractivity contribution in [1.29, 1.82) is 0 Å². The number of rotatable bonds is 9. The molecule has 3 N–H and O–H groups in total. The highest BCUT2D eigenvalue weighted by atomic mass is 35.5. The Balaban J connectivity index is 1.70. The van der Waals surface area contributed by atoms with Crippen molar-refractivity contribution < 1.29 is 24.5 Å². The maximum Gasteiger partial charge on any atom is 0.257 e. The van der Waals surface area contributed by atoms with Gasteiger partial charge in [0.15, 0.2) is 11.3 Å². The summed E-state index contributed by atoms with van der Waals surface area (Å²) in [7, 11) is 1.44. The molecule has 0 saturated heterocycles. The molecule has 1 aliphatic carbocycles. The standard InChI is InChI=1S/C30H30Cl2N2O5/c1-28(38,27(37)33-2)21-7-12-25-24(15-21)26(36)34(16-19-3-8-22(31)9-4-19)30(25,20-5-10-23(32)11-6-20)39-18-29(17-35)13-14-29/h3-12,15,35,38H,13-14,16-18H2,1-2H3,(H,33,37)/t28-,30+/m0/s1. The van der Waals surface area contributed by atoms with E-state index in [4.69, 9.17) is 27.9 Å². The fourth-order valence-electron chi connectivity index (χ4n) is 5.09. The molecule has 9 heteroatoms. The predicted molar refractivity (Wildman–Crippen MR) is 148 cm³/mol. The van der Waals surface area contributed by atoms with Gasteiger partial charge in [0.2, 0.25) is 0 Å². The van der Waals surface area contributed by atoms with Gasteiger partial charge in [0, 0.05) is 45.7 Å². The van der Waals surface area contributed by atoms with Gasteiger partial charge in [-0.1, -0.05) is 59.6 Å². The number of aliphatic hydroxyl groups excluding tert-OH is 1. The lowest BCUT2D eigenvalue weighted by Crippen LogP contribution is -2.47. The van der Waals surface area contributed by atoms with Gasteiger partial charge in [0.1, 0.15) is 0 Å². The Labute approximate surface area is 237 Å². The first-order valence-corrected chi connectivity index (χ1v) is 13.5. The molecule has 3 aromatic rings. The van der Waals surface area contributed by atoms with Crippen molar-refractivity contribution in [2.24, 2.45) is 5.41 Å². The number of amides is 2. The van der Waals surface area contributed by atoms with Gasteiger partial charge in [-0.2, -0.15) is 0 Å². The average molecular weight is 569 g/mol. The van der Waals surface area contributed by atoms with Crippen LogP contribution in [0.4, 0.5) is 0 Å². The van der Waals surface area contributed by atoms with Crippen LogP contribution in [0.1, 0.15) is 52.4 Å². The van der Waals surface area contributed by atoms with Crippen LogP contribution >= 0.6 is 23.2 Å². The summed E-state index contributed by atoms with van der Waals surface area (Å²) in [5, 5.41) is 24.6. The lowest BCUT2D eigenvalue weighted by molar-refractivity contribution is -0.138. The van der Waals surface area contributed by atoms with Gasteiger partial charge in [-0.05, 0) is 61.2 Å². The number of hydrogen-bond donors (Lipinski definition) is 3. The molecule has 0 spiro atoms. The van der Waals surface area contributed by atoms with E-state index in [1.54, 1.807) is 47.4 Å². The molecule has 7 nitrogen and oxygen atoms in total. The zero-order chi connectivity index (χ0) is 28.0. The molecule has 2 atom stereocenters. The quantitative estimate of drug-likeness (QED) is 0.350. The highest BCUT2D eigenvalue weighted by Crippen LogP contribution is 2.51. The summed E-state index contributed by atoms with van der Waals surface area (Å²) in [5.74, 6) is -0.914. The zero-order valence-electron chi connectivity index (χ0n) is 21.7. The lowest BCUT2D eigenvalue weighted by Gasteiger charge is -2.40. The van der Waals surface area contributed by atoms with Gasteiger partial charge in [0.05, 0.1) is 13.2 Å². The van der Waals surface area contributed by atoms with Crippen molar-refractivity contribution >= 4 is 35.0 Å². The number of hydrogen-bond acceptors (Lipinski definition) is 5. The van der Waals surface area contributed by atoms with Crippen molar-refractivity contribution in [1.82, 2.24) is 10.2 Å². The summed E-state index contributed by atoms with van der Waals surface area (Å²) in [4.78, 5) is 28.3. The Hall–Kier alpha value is -2.94. The van der Waals surface area contributed by atoms with Crippen molar-refractivity contribution in [2.75, 3.05) is 20.3 Å². The van der Waals surface area contributed by atoms with E-state index < -0.39 is 17.2 Å². The van der Waals surface area contributed by atoms with Crippen LogP contribution in [0.15, 0.2) is 66.7 Å². The number of ether oxygens (including phenoxy) is 1. The summed E-state index contributed by atoms with van der Waals surface area (Å²) in [6.07, 6.45) is 1.65. The van der Waals surface area contributed by atoms with Crippen LogP contribution in [0, 0.1) is 5.41 Å². The van der Waals surface area contributed by atoms with Crippen molar-refractivity contribution in [3.8, 4) is 0 Å². The number of likely N-dealkylation sites (N-methyl/N-ethyl adjacent to an activating group) is 1. The average Bonchev–Trinajstić information content (AvgIpc) is 3.69. The molecule has 39 heavy (non-hydrogen) atoms. The van der Waals surface area contributed by atoms with E-state index in [2.05, 4.69) is 5.32 Å². The number of benzene rings is 3. The number of carbonyl (C=O) groups is 2. The Bertz CT molecular complexity index is 1400. The number of carbonyl (C=O) groups excluding carboxylic acids is 2. The van der Waals surface area contributed by atoms with Crippen LogP contribution in [0.3, 0.4) is 0 Å². The SMILES string of the molecule is CNC(=O)[C@@](C)(O)c1ccc2c(c1)C(=O)N(Cc1ccc(Cl)cc1)[C@@]2(OCC1(CO)CC1)c1ccc(Cl)cc1. The second kappa shape index (κ2) is 10.2. The van der Waals surface area contributed by atoms with E-state index in [1.807, 2.05) is 24.3 Å². The van der Waals surface area contributed by atoms with Crippen molar-refractivity contribution in [3.05, 3.63) is 105 Å². The first-order chi connectivity index (χ1) is 18.6. The summed E-state index contributed by atoms with van der Waals surface area (Å²) in [6.45, 7) is 1.80. The summed E-state index contributed by atoms with van der Waals surface area (Å²) < 4.78 is 6.77. The minimum Gasteiger partial charge on any atom is -0.396 e. The topological polar surface area (TPSA) is 99.1 Å². The van der Waals surface area contributed by atoms with Crippen molar-refractivity contribution in [2.45, 2.75) is 37.6 Å². The Morgan fingerprint density at radius 2 is 1.67 bits per heavy atom. The number of fused-ring (bicyclic) bond motifs is 1. The second-order valence-electron chi connectivity index (χ2n) is 10.5. The summed E-state index contributed by atoms with van der Waals surface area (Å²) in [6, 6.07) is 19.3. The summed E-state index contributed by atoms with van der Waals surface area (Å²) in [5.41, 5.74) is -0.869. The minimum atomic E-state index is -1.85. The van der Waals surface area contributed by atoms with Gasteiger partial charge in [-0.3, -0.25) is 14.5 Å². The zero-order valence-corrected chi connectivity index (χ0v) is 23.2. The third-order valence-electron chi connectivity index (χ3n) is 7.84. The molecule has 1 aliphatic heterocycles. The van der Waals surface area contributed by atoms with Crippen LogP contribution < -0.4 is 5.32 Å². The number of aliphatic hydroxyl groups is 2. The fraction of sp³-hybridized carbons (Fsp3) is 0.333. The molecule has 2 aliphatic rings. The molecule has 0 aromatic heterocycles. The molecular formula is C30H30Cl2N2O5. The van der Waals surface area contributed by atoms with E-state index >= 15 is 0 Å². The lowest BCUT2D eigenvalue weighted by atomic mass is 9.88. The number of nitrogens with one attached hydrogen (secondary N) is 1. The van der Waals surface area contributed by atoms with Crippen LogP contribution in [0.2, 0.25) is 10.0 Å². The summed E-state index contributed by atoms with van der Waals surface area (Å²) >= 11 is 12.4. The van der Waals surface area contributed by atoms with E-state index in [0.717, 1.165) is 18.4 Å². The Kier molecular flexibility index (Phi) is 7.24. The molecule has 1 fully saturated rings. The third kappa shape index (κ3) is 4.83. The predicted octanol–water partition coefficient (Wildman–Crippen LogP) is 4.59. The highest BCUT2D eigenvalue weighted by molar-refractivity contribution is 6.30. The van der Waals surface area contributed by atoms with E-state index in [-0.39, 0.29) is 36.6 Å². The van der Waals surface area contributed by atoms with E-state index in [0.29, 0.717) is 26.7 Å².